The van der Waals surface area contributed by atoms with Gasteiger partial charge >= 0.3 is 19.4 Å². The molecule has 1 fully saturated rings. The maximum atomic E-state index is 13.4. The number of halogens is 1. The largest absolute Gasteiger partial charge is 0.468 e. The van der Waals surface area contributed by atoms with Crippen molar-refractivity contribution in [1.29, 1.82) is 0 Å². The lowest BCUT2D eigenvalue weighted by molar-refractivity contribution is -0.142. The molecule has 14 heteroatoms. The minimum atomic E-state index is -4.14. The lowest BCUT2D eigenvalue weighted by Crippen LogP contribution is -2.36. The molecule has 1 aromatic carbocycles. The maximum absolute atomic E-state index is 13.4. The number of hydrogen-bond acceptors (Lipinski definition) is 9. The molecule has 0 saturated carbocycles. The molecule has 12 nitrogen and oxygen atoms in total. The van der Waals surface area contributed by atoms with Gasteiger partial charge in [0.2, 0.25) is 0 Å². The number of nitrogens with one attached hydrogen (secondary N) is 2. The number of rotatable bonds is 10. The molecule has 0 radical (unpaired) electrons. The number of H-pyrrole nitrogens is 1. The van der Waals surface area contributed by atoms with Gasteiger partial charge in [-0.3, -0.25) is 23.7 Å². The van der Waals surface area contributed by atoms with Gasteiger partial charge in [-0.2, -0.15) is 5.09 Å². The zero-order valence-corrected chi connectivity index (χ0v) is 21.3. The number of para-hydroxylation sites is 1. The zero-order chi connectivity index (χ0) is 25.6. The molecule has 3 rings (SSSR count). The van der Waals surface area contributed by atoms with E-state index < -0.39 is 56.0 Å². The zero-order valence-electron chi connectivity index (χ0n) is 18.8. The summed E-state index contributed by atoms with van der Waals surface area (Å²) < 4.78 is 36.0. The lowest BCUT2D eigenvalue weighted by atomic mass is 10.2. The van der Waals surface area contributed by atoms with Crippen molar-refractivity contribution in [2.24, 2.45) is 0 Å². The number of aliphatic hydroxyl groups is 1. The van der Waals surface area contributed by atoms with Gasteiger partial charge in [-0.05, 0) is 30.1 Å². The molecule has 190 valence electrons. The Labute approximate surface area is 208 Å². The van der Waals surface area contributed by atoms with Crippen LogP contribution in [0.3, 0.4) is 0 Å². The van der Waals surface area contributed by atoms with Gasteiger partial charge in [0.05, 0.1) is 25.4 Å². The summed E-state index contributed by atoms with van der Waals surface area (Å²) in [5.41, 5.74) is -1.10. The van der Waals surface area contributed by atoms with E-state index in [1.807, 2.05) is 0 Å². The van der Waals surface area contributed by atoms with Crippen LogP contribution in [0.15, 0.2) is 51.1 Å². The molecule has 0 aliphatic carbocycles. The van der Waals surface area contributed by atoms with Crippen molar-refractivity contribution in [2.75, 3.05) is 13.7 Å². The molecule has 3 N–H and O–H groups in total. The van der Waals surface area contributed by atoms with Crippen LogP contribution < -0.4 is 20.9 Å². The van der Waals surface area contributed by atoms with Gasteiger partial charge < -0.3 is 19.1 Å². The SMILES string of the molecule is COC(=O)C(C)NP(=O)(OC[C@H]1O[C@@H](n2cc(/C=C/Br)c(=O)[nH]c2=O)CC1O)Oc1ccccc1. The first-order valence-corrected chi connectivity index (χ1v) is 12.9. The van der Waals surface area contributed by atoms with Gasteiger partial charge in [0.25, 0.3) is 5.56 Å². The van der Waals surface area contributed by atoms with E-state index in [9.17, 15) is 24.1 Å². The Morgan fingerprint density at radius 1 is 1.40 bits per heavy atom. The number of aliphatic hydroxyl groups excluding tert-OH is 1. The van der Waals surface area contributed by atoms with E-state index in [1.165, 1.54) is 31.3 Å². The smallest absolute Gasteiger partial charge is 0.459 e. The summed E-state index contributed by atoms with van der Waals surface area (Å²) in [5.74, 6) is -0.466. The predicted molar refractivity (Wildman–Crippen MR) is 129 cm³/mol. The highest BCUT2D eigenvalue weighted by atomic mass is 79.9. The van der Waals surface area contributed by atoms with Crippen molar-refractivity contribution in [1.82, 2.24) is 14.6 Å². The molecular weight excluding hydrogens is 549 g/mol. The van der Waals surface area contributed by atoms with Gasteiger partial charge in [0, 0.05) is 12.6 Å². The highest BCUT2D eigenvalue weighted by molar-refractivity contribution is 9.11. The van der Waals surface area contributed by atoms with Crippen LogP contribution in [-0.2, 0) is 23.4 Å². The van der Waals surface area contributed by atoms with Gasteiger partial charge in [-0.1, -0.05) is 34.1 Å². The lowest BCUT2D eigenvalue weighted by Gasteiger charge is -2.24. The summed E-state index contributed by atoms with van der Waals surface area (Å²) >= 11 is 3.08. The van der Waals surface area contributed by atoms with E-state index in [1.54, 1.807) is 30.3 Å². The van der Waals surface area contributed by atoms with E-state index in [-0.39, 0.29) is 17.7 Å². The molecule has 1 aromatic heterocycles. The van der Waals surface area contributed by atoms with Crippen LogP contribution in [0.1, 0.15) is 25.1 Å². The van der Waals surface area contributed by atoms with E-state index in [0.717, 1.165) is 4.57 Å². The summed E-state index contributed by atoms with van der Waals surface area (Å²) in [6.45, 7) is 1.03. The minimum absolute atomic E-state index is 0.00722. The number of hydrogen-bond donors (Lipinski definition) is 3. The van der Waals surface area contributed by atoms with Crippen molar-refractivity contribution >= 4 is 35.7 Å². The number of methoxy groups -OCH3 is 1. The third-order valence-corrected chi connectivity index (χ3v) is 6.94. The number of carbonyl (C=O) groups is 1. The second-order valence-corrected chi connectivity index (χ2v) is 9.77. The van der Waals surface area contributed by atoms with Crippen LogP contribution in [0.4, 0.5) is 0 Å². The second kappa shape index (κ2) is 11.9. The Bertz CT molecular complexity index is 1220. The first kappa shape index (κ1) is 27.1. The predicted octanol–water partition coefficient (Wildman–Crippen LogP) is 1.91. The number of aromatic nitrogens is 2. The summed E-state index contributed by atoms with van der Waals surface area (Å²) in [7, 11) is -2.95. The Morgan fingerprint density at radius 3 is 2.77 bits per heavy atom. The van der Waals surface area contributed by atoms with Crippen LogP contribution in [0, 0.1) is 0 Å². The van der Waals surface area contributed by atoms with Crippen LogP contribution in [0.5, 0.6) is 5.75 Å². The van der Waals surface area contributed by atoms with Crippen molar-refractivity contribution < 1.29 is 33.0 Å². The normalized spacial score (nSPS) is 22.6. The van der Waals surface area contributed by atoms with Crippen molar-refractivity contribution in [3.63, 3.8) is 0 Å². The number of nitrogens with zero attached hydrogens (tertiary/aromatic N) is 1. The Kier molecular flexibility index (Phi) is 9.22. The first-order chi connectivity index (χ1) is 16.7. The molecule has 0 bridgehead atoms. The molecule has 2 heterocycles. The molecule has 1 aliphatic rings. The second-order valence-electron chi connectivity index (χ2n) is 7.55. The number of benzene rings is 1. The van der Waals surface area contributed by atoms with Gasteiger partial charge in [0.15, 0.2) is 0 Å². The fraction of sp³-hybridized carbons (Fsp3) is 0.381. The summed E-state index contributed by atoms with van der Waals surface area (Å²) in [6, 6.07) is 7.15. The average molecular weight is 574 g/mol. The fourth-order valence-electron chi connectivity index (χ4n) is 3.29. The highest BCUT2D eigenvalue weighted by Gasteiger charge is 2.39. The highest BCUT2D eigenvalue weighted by Crippen LogP contribution is 2.45. The number of carbonyl (C=O) groups excluding carboxylic acids is 1. The molecule has 2 aromatic rings. The molecule has 0 amide bonds. The summed E-state index contributed by atoms with van der Waals surface area (Å²) in [6.07, 6.45) is -0.224. The van der Waals surface area contributed by atoms with E-state index in [4.69, 9.17) is 13.8 Å². The van der Waals surface area contributed by atoms with Crippen molar-refractivity contribution in [2.45, 2.75) is 37.8 Å². The molecular formula is C21H25BrN3O9P. The van der Waals surface area contributed by atoms with Gasteiger partial charge in [-0.25, -0.2) is 9.36 Å². The Balaban J connectivity index is 1.75. The topological polar surface area (TPSA) is 158 Å². The van der Waals surface area contributed by atoms with E-state index >= 15 is 0 Å². The van der Waals surface area contributed by atoms with Crippen molar-refractivity contribution in [3.8, 4) is 5.75 Å². The van der Waals surface area contributed by atoms with Crippen LogP contribution in [-0.4, -0.2) is 52.6 Å². The quantitative estimate of drug-likeness (QED) is 0.283. The Hall–Kier alpha value is -2.54. The molecule has 3 unspecified atom stereocenters. The molecule has 35 heavy (non-hydrogen) atoms. The number of aromatic amines is 1. The first-order valence-electron chi connectivity index (χ1n) is 10.5. The monoisotopic (exact) mass is 573 g/mol. The molecule has 5 atom stereocenters. The number of ether oxygens (including phenoxy) is 2. The maximum Gasteiger partial charge on any atom is 0.459 e. The van der Waals surface area contributed by atoms with Crippen molar-refractivity contribution in [3.05, 3.63) is 67.9 Å². The molecule has 1 saturated heterocycles. The van der Waals surface area contributed by atoms with Crippen LogP contribution in [0.25, 0.3) is 6.08 Å². The van der Waals surface area contributed by atoms with Gasteiger partial charge in [-0.15, -0.1) is 0 Å². The van der Waals surface area contributed by atoms with Gasteiger partial charge in [0.1, 0.15) is 24.1 Å². The minimum Gasteiger partial charge on any atom is -0.468 e. The Morgan fingerprint density at radius 2 is 2.11 bits per heavy atom. The molecule has 1 aliphatic heterocycles. The summed E-state index contributed by atoms with van der Waals surface area (Å²) in [5, 5.41) is 13.0. The molecule has 0 spiro atoms. The van der Waals surface area contributed by atoms with E-state index in [0.29, 0.717) is 0 Å². The summed E-state index contributed by atoms with van der Waals surface area (Å²) in [4.78, 5) is 39.7. The third-order valence-electron chi connectivity index (χ3n) is 5.04. The average Bonchev–Trinajstić information content (AvgIpc) is 3.19. The fourth-order valence-corrected chi connectivity index (χ4v) is 5.07. The standard InChI is InChI=1S/C21H25BrN3O9P/c1-13(20(28)31-2)24-35(30,34-15-6-4-3-5-7-15)32-12-17-16(26)10-18(33-17)25-11-14(8-9-22)19(27)23-21(25)29/h3-9,11,13,16-18,26H,10,12H2,1-2H3,(H,24,30)(H,23,27,29)/b9-8+/t13?,16?,17-,18-,35?/m1/s1. The number of esters is 1. The van der Waals surface area contributed by atoms with Crippen LogP contribution in [0.2, 0.25) is 0 Å². The third kappa shape index (κ3) is 7.00. The van der Waals surface area contributed by atoms with Crippen LogP contribution >= 0.6 is 23.7 Å². The van der Waals surface area contributed by atoms with E-state index in [2.05, 4.69) is 30.7 Å².